The van der Waals surface area contributed by atoms with Gasteiger partial charge in [-0.15, -0.1) is 0 Å². The summed E-state index contributed by atoms with van der Waals surface area (Å²) in [6.45, 7) is 0.655. The van der Waals surface area contributed by atoms with Crippen LogP contribution in [-0.4, -0.2) is 48.9 Å². The minimum absolute atomic E-state index is 0. The summed E-state index contributed by atoms with van der Waals surface area (Å²) in [6.07, 6.45) is 0. The number of rotatable bonds is 3. The van der Waals surface area contributed by atoms with E-state index in [1.54, 1.807) is 12.1 Å². The molecule has 0 fully saturated rings. The van der Waals surface area contributed by atoms with E-state index >= 15 is 0 Å². The van der Waals surface area contributed by atoms with Crippen LogP contribution >= 0.6 is 0 Å². The third kappa shape index (κ3) is 3.55. The first-order valence-corrected chi connectivity index (χ1v) is 4.07. The Hall–Kier alpha value is -0.753. The van der Waals surface area contributed by atoms with Gasteiger partial charge in [-0.2, -0.15) is 0 Å². The number of benzene rings is 1. The van der Waals surface area contributed by atoms with Crippen molar-refractivity contribution < 1.29 is 9.90 Å². The molecule has 0 heterocycles. The molecule has 0 spiro atoms. The van der Waals surface area contributed by atoms with Crippen molar-refractivity contribution in [3.63, 3.8) is 0 Å². The van der Waals surface area contributed by atoms with Gasteiger partial charge < -0.3 is 10.0 Å². The van der Waals surface area contributed by atoms with Crippen molar-refractivity contribution in [1.29, 1.82) is 0 Å². The molecular weight excluding hydrogens is 173 g/mol. The van der Waals surface area contributed by atoms with E-state index in [1.165, 1.54) is 0 Å². The molecule has 0 aliphatic carbocycles. The van der Waals surface area contributed by atoms with E-state index < -0.39 is 5.97 Å². The number of aromatic carboxylic acids is 1. The number of carboxylic acids is 1. The van der Waals surface area contributed by atoms with Gasteiger partial charge in [0, 0.05) is 6.54 Å². The van der Waals surface area contributed by atoms with Crippen molar-refractivity contribution >= 4 is 24.8 Å². The van der Waals surface area contributed by atoms with Crippen molar-refractivity contribution in [1.82, 2.24) is 4.90 Å². The first-order chi connectivity index (χ1) is 6.11. The Labute approximate surface area is 95.9 Å². The van der Waals surface area contributed by atoms with Gasteiger partial charge in [0.2, 0.25) is 0 Å². The molecule has 0 saturated heterocycles. The van der Waals surface area contributed by atoms with E-state index in [4.69, 9.17) is 5.11 Å². The molecule has 1 aromatic carbocycles. The summed E-state index contributed by atoms with van der Waals surface area (Å²) in [6, 6.07) is 7.05. The third-order valence-corrected chi connectivity index (χ3v) is 1.73. The standard InChI is InChI=1S/C10H13NO2.Li.H/c1-11(2)7-8-5-3-4-6-9(8)10(12)13;;/h3-6H,7H2,1-2H3,(H,12,13);;. The Bertz CT molecular complexity index is 313. The zero-order chi connectivity index (χ0) is 9.84. The molecular formula is C10H14LiNO2. The predicted octanol–water partition coefficient (Wildman–Crippen LogP) is 0.798. The van der Waals surface area contributed by atoms with Crippen LogP contribution in [0.2, 0.25) is 0 Å². The Balaban J connectivity index is 0.00000169. The Kier molecular flexibility index (Phi) is 5.55. The van der Waals surface area contributed by atoms with Crippen LogP contribution < -0.4 is 0 Å². The van der Waals surface area contributed by atoms with Crippen LogP contribution in [0.4, 0.5) is 0 Å². The molecule has 1 rings (SSSR count). The zero-order valence-electron chi connectivity index (χ0n) is 7.82. The molecule has 0 unspecified atom stereocenters. The topological polar surface area (TPSA) is 40.5 Å². The van der Waals surface area contributed by atoms with E-state index in [0.29, 0.717) is 12.1 Å². The Morgan fingerprint density at radius 2 is 1.93 bits per heavy atom. The molecule has 0 atom stereocenters. The number of carboxylic acid groups (broad SMARTS) is 1. The Morgan fingerprint density at radius 3 is 2.43 bits per heavy atom. The molecule has 1 N–H and O–H groups in total. The van der Waals surface area contributed by atoms with Gasteiger partial charge in [-0.05, 0) is 25.7 Å². The van der Waals surface area contributed by atoms with Gasteiger partial charge in [0.15, 0.2) is 0 Å². The molecule has 0 aliphatic rings. The van der Waals surface area contributed by atoms with Gasteiger partial charge in [-0.3, -0.25) is 0 Å². The summed E-state index contributed by atoms with van der Waals surface area (Å²) in [5.74, 6) is -0.863. The van der Waals surface area contributed by atoms with Crippen molar-refractivity contribution in [2.24, 2.45) is 0 Å². The first-order valence-electron chi connectivity index (χ1n) is 4.07. The Morgan fingerprint density at radius 1 is 1.36 bits per heavy atom. The summed E-state index contributed by atoms with van der Waals surface area (Å²) >= 11 is 0. The van der Waals surface area contributed by atoms with E-state index in [-0.39, 0.29) is 18.9 Å². The van der Waals surface area contributed by atoms with Gasteiger partial charge >= 0.3 is 24.8 Å². The monoisotopic (exact) mass is 187 g/mol. The first kappa shape index (κ1) is 13.2. The fourth-order valence-electron chi connectivity index (χ4n) is 1.21. The molecule has 0 saturated carbocycles. The second-order valence-corrected chi connectivity index (χ2v) is 3.20. The predicted molar refractivity (Wildman–Crippen MR) is 57.9 cm³/mol. The summed E-state index contributed by atoms with van der Waals surface area (Å²) in [4.78, 5) is 12.7. The molecule has 3 nitrogen and oxygen atoms in total. The van der Waals surface area contributed by atoms with Crippen LogP contribution in [0.25, 0.3) is 0 Å². The van der Waals surface area contributed by atoms with Gasteiger partial charge in [0.25, 0.3) is 0 Å². The number of hydrogen-bond acceptors (Lipinski definition) is 2. The average Bonchev–Trinajstić information content (AvgIpc) is 2.03. The molecule has 14 heavy (non-hydrogen) atoms. The van der Waals surface area contributed by atoms with Gasteiger partial charge in [-0.1, -0.05) is 18.2 Å². The van der Waals surface area contributed by atoms with Crippen molar-refractivity contribution in [3.8, 4) is 0 Å². The molecule has 1 aromatic rings. The maximum atomic E-state index is 10.8. The molecule has 4 heteroatoms. The van der Waals surface area contributed by atoms with E-state index in [2.05, 4.69) is 0 Å². The summed E-state index contributed by atoms with van der Waals surface area (Å²) < 4.78 is 0. The summed E-state index contributed by atoms with van der Waals surface area (Å²) in [5.41, 5.74) is 1.23. The van der Waals surface area contributed by atoms with Crippen LogP contribution in [0.1, 0.15) is 15.9 Å². The second kappa shape index (κ2) is 5.87. The van der Waals surface area contributed by atoms with Crippen molar-refractivity contribution in [2.75, 3.05) is 14.1 Å². The fourth-order valence-corrected chi connectivity index (χ4v) is 1.21. The number of hydrogen-bond donors (Lipinski definition) is 1. The molecule has 72 valence electrons. The molecule has 0 amide bonds. The average molecular weight is 187 g/mol. The van der Waals surface area contributed by atoms with E-state index in [1.807, 2.05) is 31.1 Å². The molecule has 0 bridgehead atoms. The van der Waals surface area contributed by atoms with Gasteiger partial charge in [0.05, 0.1) is 5.56 Å². The van der Waals surface area contributed by atoms with E-state index in [9.17, 15) is 4.79 Å². The molecule has 0 aromatic heterocycles. The normalized spacial score (nSPS) is 9.64. The number of nitrogens with zero attached hydrogens (tertiary/aromatic N) is 1. The van der Waals surface area contributed by atoms with E-state index in [0.717, 1.165) is 5.56 Å². The van der Waals surface area contributed by atoms with Crippen molar-refractivity contribution in [3.05, 3.63) is 35.4 Å². The van der Waals surface area contributed by atoms with Crippen LogP contribution in [0.15, 0.2) is 24.3 Å². The quantitative estimate of drug-likeness (QED) is 0.711. The maximum absolute atomic E-state index is 10.8. The van der Waals surface area contributed by atoms with Gasteiger partial charge in [0.1, 0.15) is 0 Å². The second-order valence-electron chi connectivity index (χ2n) is 3.20. The van der Waals surface area contributed by atoms with Crippen LogP contribution in [0, 0.1) is 0 Å². The van der Waals surface area contributed by atoms with Crippen LogP contribution in [0.5, 0.6) is 0 Å². The van der Waals surface area contributed by atoms with Crippen LogP contribution in [0.3, 0.4) is 0 Å². The zero-order valence-corrected chi connectivity index (χ0v) is 7.82. The van der Waals surface area contributed by atoms with Crippen molar-refractivity contribution in [2.45, 2.75) is 6.54 Å². The summed E-state index contributed by atoms with van der Waals surface area (Å²) in [7, 11) is 3.83. The molecule has 0 radical (unpaired) electrons. The molecule has 0 aliphatic heterocycles. The number of carbonyl (C=O) groups is 1. The van der Waals surface area contributed by atoms with Gasteiger partial charge in [-0.25, -0.2) is 4.79 Å². The minimum atomic E-state index is -0.863. The van der Waals surface area contributed by atoms with Crippen LogP contribution in [-0.2, 0) is 6.54 Å². The summed E-state index contributed by atoms with van der Waals surface area (Å²) in [5, 5.41) is 8.86. The SMILES string of the molecule is CN(C)Cc1ccccc1C(=O)O.[LiH]. The fraction of sp³-hybridized carbons (Fsp3) is 0.300. The third-order valence-electron chi connectivity index (χ3n) is 1.73.